The highest BCUT2D eigenvalue weighted by Gasteiger charge is 2.20. The van der Waals surface area contributed by atoms with E-state index in [4.69, 9.17) is 10.3 Å². The van der Waals surface area contributed by atoms with E-state index in [1.165, 1.54) is 18.5 Å². The van der Waals surface area contributed by atoms with Gasteiger partial charge in [-0.2, -0.15) is 5.10 Å². The van der Waals surface area contributed by atoms with Gasteiger partial charge >= 0.3 is 6.03 Å². The fourth-order valence-corrected chi connectivity index (χ4v) is 3.03. The fourth-order valence-electron chi connectivity index (χ4n) is 3.03. The molecule has 0 radical (unpaired) electrons. The van der Waals surface area contributed by atoms with Crippen molar-refractivity contribution in [3.8, 4) is 11.3 Å². The number of nitrogens with one attached hydrogen (secondary N) is 2. The molecule has 0 saturated heterocycles. The standard InChI is InChI=1S/C20H21FN8O2/c1-20(2,3)13-8-14(31-28-13)26-19(30)25-12-6-5-10(7-11(12)21)16-15-17(22)23-9-24-18(15)29(4)27-16/h5-9H,1-4H3,(H2,22,23,24)(H2,25,26,30). The van der Waals surface area contributed by atoms with E-state index in [9.17, 15) is 9.18 Å². The highest BCUT2D eigenvalue weighted by molar-refractivity contribution is 6.00. The summed E-state index contributed by atoms with van der Waals surface area (Å²) in [5, 5.41) is 13.8. The van der Waals surface area contributed by atoms with E-state index >= 15 is 0 Å². The smallest absolute Gasteiger partial charge is 0.326 e. The monoisotopic (exact) mass is 424 g/mol. The number of nitrogen functional groups attached to an aromatic ring is 1. The second-order valence-electron chi connectivity index (χ2n) is 8.03. The molecule has 4 rings (SSSR count). The summed E-state index contributed by atoms with van der Waals surface area (Å²) in [6, 6.07) is 5.28. The lowest BCUT2D eigenvalue weighted by molar-refractivity contribution is 0.261. The molecule has 160 valence electrons. The van der Waals surface area contributed by atoms with Crippen LogP contribution in [0.3, 0.4) is 0 Å². The molecular weight excluding hydrogens is 403 g/mol. The number of aromatic nitrogens is 5. The largest absolute Gasteiger partial charge is 0.383 e. The molecule has 4 aromatic rings. The van der Waals surface area contributed by atoms with Crippen LogP contribution < -0.4 is 16.4 Å². The van der Waals surface area contributed by atoms with E-state index in [1.807, 2.05) is 20.8 Å². The van der Waals surface area contributed by atoms with E-state index in [0.717, 1.165) is 0 Å². The Hall–Kier alpha value is -4.02. The molecule has 4 N–H and O–H groups in total. The van der Waals surface area contributed by atoms with Crippen LogP contribution in [0.4, 0.5) is 26.6 Å². The average Bonchev–Trinajstić information content (AvgIpc) is 3.29. The number of hydrogen-bond acceptors (Lipinski definition) is 7. The highest BCUT2D eigenvalue weighted by Crippen LogP contribution is 2.31. The van der Waals surface area contributed by atoms with Crippen molar-refractivity contribution in [3.05, 3.63) is 42.1 Å². The zero-order chi connectivity index (χ0) is 22.3. The summed E-state index contributed by atoms with van der Waals surface area (Å²) in [6.07, 6.45) is 1.34. The molecule has 3 aromatic heterocycles. The molecule has 0 saturated carbocycles. The van der Waals surface area contributed by atoms with Gasteiger partial charge in [0.05, 0.1) is 16.8 Å². The Bertz CT molecular complexity index is 1290. The Labute approximate surface area is 176 Å². The van der Waals surface area contributed by atoms with Crippen LogP contribution in [0.1, 0.15) is 26.5 Å². The molecule has 3 heterocycles. The minimum atomic E-state index is -0.663. The SMILES string of the molecule is Cn1nc(-c2ccc(NC(=O)Nc3cc(C(C)(C)C)no3)c(F)c2)c2c(N)ncnc21. The normalized spacial score (nSPS) is 11.6. The topological polar surface area (TPSA) is 137 Å². The maximum Gasteiger partial charge on any atom is 0.326 e. The average molecular weight is 424 g/mol. The first-order valence-electron chi connectivity index (χ1n) is 9.42. The minimum Gasteiger partial charge on any atom is -0.383 e. The van der Waals surface area contributed by atoms with Crippen LogP contribution in [0.25, 0.3) is 22.3 Å². The molecule has 0 atom stereocenters. The fraction of sp³-hybridized carbons (Fsp3) is 0.250. The van der Waals surface area contributed by atoms with Gasteiger partial charge in [0, 0.05) is 24.1 Å². The summed E-state index contributed by atoms with van der Waals surface area (Å²) in [7, 11) is 1.71. The number of carbonyl (C=O) groups is 1. The summed E-state index contributed by atoms with van der Waals surface area (Å²) in [5.74, 6) is -0.235. The van der Waals surface area contributed by atoms with Crippen molar-refractivity contribution in [2.24, 2.45) is 7.05 Å². The zero-order valence-electron chi connectivity index (χ0n) is 17.4. The first-order chi connectivity index (χ1) is 14.6. The Kier molecular flexibility index (Phi) is 4.80. The van der Waals surface area contributed by atoms with Gasteiger partial charge in [-0.1, -0.05) is 32.0 Å². The Morgan fingerprint density at radius 2 is 1.97 bits per heavy atom. The first-order valence-corrected chi connectivity index (χ1v) is 9.42. The van der Waals surface area contributed by atoms with Crippen molar-refractivity contribution >= 4 is 34.5 Å². The molecule has 2 amide bonds. The van der Waals surface area contributed by atoms with Gasteiger partial charge in [0.1, 0.15) is 23.7 Å². The van der Waals surface area contributed by atoms with Crippen LogP contribution in [0, 0.1) is 5.82 Å². The van der Waals surface area contributed by atoms with Gasteiger partial charge in [0.25, 0.3) is 0 Å². The van der Waals surface area contributed by atoms with Crippen molar-refractivity contribution < 1.29 is 13.7 Å². The zero-order valence-corrected chi connectivity index (χ0v) is 17.4. The second-order valence-corrected chi connectivity index (χ2v) is 8.03. The molecule has 10 nitrogen and oxygen atoms in total. The molecule has 0 spiro atoms. The van der Waals surface area contributed by atoms with Gasteiger partial charge < -0.3 is 15.6 Å². The summed E-state index contributed by atoms with van der Waals surface area (Å²) in [5.41, 5.74) is 7.86. The quantitative estimate of drug-likeness (QED) is 0.456. The number of aryl methyl sites for hydroxylation is 1. The van der Waals surface area contributed by atoms with Crippen LogP contribution in [-0.2, 0) is 12.5 Å². The third-order valence-electron chi connectivity index (χ3n) is 4.66. The van der Waals surface area contributed by atoms with Crippen LogP contribution in [0.2, 0.25) is 0 Å². The number of amides is 2. The molecule has 0 bridgehead atoms. The van der Waals surface area contributed by atoms with Gasteiger partial charge in [-0.25, -0.2) is 23.8 Å². The second kappa shape index (κ2) is 7.35. The van der Waals surface area contributed by atoms with Gasteiger partial charge in [0.2, 0.25) is 5.88 Å². The van der Waals surface area contributed by atoms with Crippen molar-refractivity contribution in [3.63, 3.8) is 0 Å². The maximum atomic E-state index is 14.7. The summed E-state index contributed by atoms with van der Waals surface area (Å²) in [4.78, 5) is 20.4. The van der Waals surface area contributed by atoms with E-state index in [2.05, 4.69) is 30.9 Å². The van der Waals surface area contributed by atoms with Crippen LogP contribution >= 0.6 is 0 Å². The molecule has 0 fully saturated rings. The number of urea groups is 1. The number of nitrogens with two attached hydrogens (primary N) is 1. The number of halogens is 1. The van der Waals surface area contributed by atoms with Gasteiger partial charge in [-0.15, -0.1) is 0 Å². The molecule has 0 aliphatic heterocycles. The third-order valence-corrected chi connectivity index (χ3v) is 4.66. The predicted molar refractivity (Wildman–Crippen MR) is 114 cm³/mol. The van der Waals surface area contributed by atoms with Gasteiger partial charge in [-0.05, 0) is 12.1 Å². The van der Waals surface area contributed by atoms with Crippen LogP contribution in [0.15, 0.2) is 35.1 Å². The van der Waals surface area contributed by atoms with E-state index in [-0.39, 0.29) is 22.8 Å². The number of rotatable bonds is 3. The first kappa shape index (κ1) is 20.3. The van der Waals surface area contributed by atoms with E-state index in [1.54, 1.807) is 23.9 Å². The maximum absolute atomic E-state index is 14.7. The molecule has 0 aliphatic rings. The Morgan fingerprint density at radius 3 is 2.65 bits per heavy atom. The summed E-state index contributed by atoms with van der Waals surface area (Å²) >= 11 is 0. The molecule has 0 unspecified atom stereocenters. The summed E-state index contributed by atoms with van der Waals surface area (Å²) in [6.45, 7) is 5.91. The number of fused-ring (bicyclic) bond motifs is 1. The van der Waals surface area contributed by atoms with Crippen molar-refractivity contribution in [1.82, 2.24) is 24.9 Å². The van der Waals surface area contributed by atoms with Crippen LogP contribution in [0.5, 0.6) is 0 Å². The number of benzene rings is 1. The number of hydrogen-bond donors (Lipinski definition) is 3. The van der Waals surface area contributed by atoms with E-state index < -0.39 is 11.8 Å². The highest BCUT2D eigenvalue weighted by atomic mass is 19.1. The molecule has 11 heteroatoms. The molecular formula is C20H21FN8O2. The van der Waals surface area contributed by atoms with Gasteiger partial charge in [0.15, 0.2) is 5.65 Å². The number of carbonyl (C=O) groups excluding carboxylic acids is 1. The lowest BCUT2D eigenvalue weighted by atomic mass is 9.92. The van der Waals surface area contributed by atoms with Crippen molar-refractivity contribution in [2.45, 2.75) is 26.2 Å². The molecule has 1 aromatic carbocycles. The minimum absolute atomic E-state index is 0.0127. The number of nitrogens with zero attached hydrogens (tertiary/aromatic N) is 5. The van der Waals surface area contributed by atoms with Crippen molar-refractivity contribution in [2.75, 3.05) is 16.4 Å². The lowest BCUT2D eigenvalue weighted by Gasteiger charge is -2.12. The van der Waals surface area contributed by atoms with Gasteiger partial charge in [-0.3, -0.25) is 5.32 Å². The van der Waals surface area contributed by atoms with Crippen molar-refractivity contribution in [1.29, 1.82) is 0 Å². The number of anilines is 3. The Balaban J connectivity index is 1.55. The van der Waals surface area contributed by atoms with Crippen LogP contribution in [-0.4, -0.2) is 30.9 Å². The lowest BCUT2D eigenvalue weighted by Crippen LogP contribution is -2.20. The summed E-state index contributed by atoms with van der Waals surface area (Å²) < 4.78 is 21.4. The van der Waals surface area contributed by atoms with E-state index in [0.29, 0.717) is 28.0 Å². The Morgan fingerprint density at radius 1 is 1.19 bits per heavy atom. The molecule has 31 heavy (non-hydrogen) atoms. The molecule has 0 aliphatic carbocycles. The predicted octanol–water partition coefficient (Wildman–Crippen LogP) is 3.68. The third kappa shape index (κ3) is 3.89.